The molecule has 1 aromatic carbocycles. The first-order valence-corrected chi connectivity index (χ1v) is 6.64. The summed E-state index contributed by atoms with van der Waals surface area (Å²) in [6.45, 7) is 0.839. The lowest BCUT2D eigenvalue weighted by Gasteiger charge is -2.25. The average Bonchev–Trinajstić information content (AvgIpc) is 2.87. The number of anilines is 1. The molecule has 2 rings (SSSR count). The number of carbonyl (C=O) groups excluding carboxylic acids is 1. The van der Waals surface area contributed by atoms with Gasteiger partial charge in [-0.1, -0.05) is 6.07 Å². The van der Waals surface area contributed by atoms with Crippen LogP contribution in [0.15, 0.2) is 18.2 Å². The summed E-state index contributed by atoms with van der Waals surface area (Å²) in [7, 11) is 0. The second-order valence-electron chi connectivity index (χ2n) is 4.90. The quantitative estimate of drug-likeness (QED) is 0.566. The Kier molecular flexibility index (Phi) is 4.27. The average molecular weight is 264 g/mol. The highest BCUT2D eigenvalue weighted by molar-refractivity contribution is 5.98. The van der Waals surface area contributed by atoms with E-state index in [2.05, 4.69) is 0 Å². The molecule has 5 nitrogen and oxygen atoms in total. The maximum absolute atomic E-state index is 12.4. The molecule has 1 amide bonds. The van der Waals surface area contributed by atoms with Gasteiger partial charge in [-0.25, -0.2) is 0 Å². The van der Waals surface area contributed by atoms with Gasteiger partial charge < -0.3 is 20.8 Å². The number of aliphatic hydroxyl groups is 1. The van der Waals surface area contributed by atoms with E-state index in [1.54, 1.807) is 23.1 Å². The third-order valence-corrected chi connectivity index (χ3v) is 3.63. The van der Waals surface area contributed by atoms with Gasteiger partial charge in [-0.15, -0.1) is 0 Å². The Hall–Kier alpha value is -1.75. The number of carbonyl (C=O) groups is 1. The van der Waals surface area contributed by atoms with Crippen LogP contribution in [0.3, 0.4) is 0 Å². The number of nitrogens with two attached hydrogens (primary N) is 1. The van der Waals surface area contributed by atoms with Gasteiger partial charge in [0, 0.05) is 19.2 Å². The Balaban J connectivity index is 2.16. The van der Waals surface area contributed by atoms with Gasteiger partial charge in [0.1, 0.15) is 0 Å². The standard InChI is InChI=1S/C14H20N2O3/c15-12-7-1-6-11(13(12)18)14(19)16-8-2-4-10(16)5-3-9-17/h1,6-7,10,17-18H,2-5,8-9,15H2. The van der Waals surface area contributed by atoms with Crippen molar-refractivity contribution < 1.29 is 15.0 Å². The van der Waals surface area contributed by atoms with Crippen molar-refractivity contribution in [3.05, 3.63) is 23.8 Å². The van der Waals surface area contributed by atoms with Gasteiger partial charge >= 0.3 is 0 Å². The first kappa shape index (κ1) is 13.7. The molecule has 1 aliphatic rings. The fraction of sp³-hybridized carbons (Fsp3) is 0.500. The molecule has 0 saturated carbocycles. The second kappa shape index (κ2) is 5.93. The molecule has 1 atom stereocenters. The van der Waals surface area contributed by atoms with Gasteiger partial charge in [-0.05, 0) is 37.8 Å². The monoisotopic (exact) mass is 264 g/mol. The third kappa shape index (κ3) is 2.81. The van der Waals surface area contributed by atoms with Crippen molar-refractivity contribution in [1.29, 1.82) is 0 Å². The molecule has 1 saturated heterocycles. The Morgan fingerprint density at radius 1 is 1.47 bits per heavy atom. The van der Waals surface area contributed by atoms with E-state index in [9.17, 15) is 9.90 Å². The molecular formula is C14H20N2O3. The van der Waals surface area contributed by atoms with E-state index in [1.807, 2.05) is 0 Å². The molecule has 0 bridgehead atoms. The normalized spacial score (nSPS) is 18.8. The fourth-order valence-electron chi connectivity index (χ4n) is 2.62. The molecule has 1 heterocycles. The summed E-state index contributed by atoms with van der Waals surface area (Å²) in [6.07, 6.45) is 3.41. The Morgan fingerprint density at radius 3 is 3.00 bits per heavy atom. The lowest BCUT2D eigenvalue weighted by molar-refractivity contribution is 0.0721. The predicted molar refractivity (Wildman–Crippen MR) is 72.9 cm³/mol. The lowest BCUT2D eigenvalue weighted by Crippen LogP contribution is -2.35. The molecule has 4 N–H and O–H groups in total. The van der Waals surface area contributed by atoms with E-state index in [4.69, 9.17) is 10.8 Å². The van der Waals surface area contributed by atoms with Crippen molar-refractivity contribution in [2.24, 2.45) is 0 Å². The van der Waals surface area contributed by atoms with Gasteiger partial charge in [0.15, 0.2) is 5.75 Å². The number of phenols is 1. The van der Waals surface area contributed by atoms with Crippen LogP contribution < -0.4 is 5.73 Å². The molecule has 104 valence electrons. The highest BCUT2D eigenvalue weighted by Gasteiger charge is 2.30. The predicted octanol–water partition coefficient (Wildman–Crippen LogP) is 1.35. The molecule has 1 fully saturated rings. The van der Waals surface area contributed by atoms with E-state index in [0.717, 1.165) is 19.3 Å². The number of benzene rings is 1. The number of rotatable bonds is 4. The summed E-state index contributed by atoms with van der Waals surface area (Å²) in [4.78, 5) is 14.2. The molecule has 5 heteroatoms. The number of amides is 1. The Morgan fingerprint density at radius 2 is 2.26 bits per heavy atom. The van der Waals surface area contributed by atoms with Crippen LogP contribution in [0.2, 0.25) is 0 Å². The topological polar surface area (TPSA) is 86.8 Å². The largest absolute Gasteiger partial charge is 0.505 e. The molecule has 0 aromatic heterocycles. The summed E-state index contributed by atoms with van der Waals surface area (Å²) >= 11 is 0. The third-order valence-electron chi connectivity index (χ3n) is 3.63. The molecule has 0 aliphatic carbocycles. The van der Waals surface area contributed by atoms with Crippen LogP contribution in [0, 0.1) is 0 Å². The number of hydrogen-bond donors (Lipinski definition) is 3. The van der Waals surface area contributed by atoms with Crippen molar-refractivity contribution in [2.75, 3.05) is 18.9 Å². The summed E-state index contributed by atoms with van der Waals surface area (Å²) in [5, 5.41) is 18.8. The molecule has 1 aromatic rings. The minimum absolute atomic E-state index is 0.139. The number of aromatic hydroxyl groups is 1. The summed E-state index contributed by atoms with van der Waals surface area (Å²) < 4.78 is 0. The Labute approximate surface area is 112 Å². The van der Waals surface area contributed by atoms with Crippen LogP contribution in [0.5, 0.6) is 5.75 Å². The number of phenolic OH excluding ortho intramolecular Hbond substituents is 1. The summed E-state index contributed by atoms with van der Waals surface area (Å²) in [5.41, 5.74) is 6.10. The highest BCUT2D eigenvalue weighted by atomic mass is 16.3. The number of nitrogen functional groups attached to an aromatic ring is 1. The van der Waals surface area contributed by atoms with Crippen LogP contribution in [0.25, 0.3) is 0 Å². The molecule has 1 aliphatic heterocycles. The van der Waals surface area contributed by atoms with Crippen LogP contribution in [-0.2, 0) is 0 Å². The molecule has 1 unspecified atom stereocenters. The first-order chi connectivity index (χ1) is 9.15. The maximum Gasteiger partial charge on any atom is 0.257 e. The first-order valence-electron chi connectivity index (χ1n) is 6.64. The summed E-state index contributed by atoms with van der Waals surface area (Å²) in [6, 6.07) is 4.98. The van der Waals surface area contributed by atoms with Crippen LogP contribution >= 0.6 is 0 Å². The minimum atomic E-state index is -0.176. The minimum Gasteiger partial charge on any atom is -0.505 e. The van der Waals surface area contributed by atoms with Crippen LogP contribution in [-0.4, -0.2) is 40.2 Å². The van der Waals surface area contributed by atoms with Gasteiger partial charge in [-0.2, -0.15) is 0 Å². The number of hydrogen-bond acceptors (Lipinski definition) is 4. The van der Waals surface area contributed by atoms with E-state index in [-0.39, 0.29) is 35.6 Å². The highest BCUT2D eigenvalue weighted by Crippen LogP contribution is 2.29. The van der Waals surface area contributed by atoms with Gasteiger partial charge in [-0.3, -0.25) is 4.79 Å². The van der Waals surface area contributed by atoms with Crippen molar-refractivity contribution in [1.82, 2.24) is 4.90 Å². The molecule has 0 radical (unpaired) electrons. The summed E-state index contributed by atoms with van der Waals surface area (Å²) in [5.74, 6) is -0.314. The van der Waals surface area contributed by atoms with E-state index in [0.29, 0.717) is 13.0 Å². The lowest BCUT2D eigenvalue weighted by atomic mass is 10.1. The zero-order valence-corrected chi connectivity index (χ0v) is 10.9. The number of para-hydroxylation sites is 1. The molecule has 0 spiro atoms. The molecular weight excluding hydrogens is 244 g/mol. The smallest absolute Gasteiger partial charge is 0.257 e. The second-order valence-corrected chi connectivity index (χ2v) is 4.90. The molecule has 19 heavy (non-hydrogen) atoms. The van der Waals surface area contributed by atoms with Gasteiger partial charge in [0.25, 0.3) is 5.91 Å². The van der Waals surface area contributed by atoms with Crippen LogP contribution in [0.4, 0.5) is 5.69 Å². The van der Waals surface area contributed by atoms with Crippen molar-refractivity contribution in [3.63, 3.8) is 0 Å². The van der Waals surface area contributed by atoms with E-state index in [1.165, 1.54) is 0 Å². The van der Waals surface area contributed by atoms with Gasteiger partial charge in [0.05, 0.1) is 11.3 Å². The van der Waals surface area contributed by atoms with Crippen molar-refractivity contribution >= 4 is 11.6 Å². The number of nitrogens with zero attached hydrogens (tertiary/aromatic N) is 1. The number of aliphatic hydroxyl groups excluding tert-OH is 1. The maximum atomic E-state index is 12.4. The zero-order valence-electron chi connectivity index (χ0n) is 10.9. The fourth-order valence-corrected chi connectivity index (χ4v) is 2.62. The van der Waals surface area contributed by atoms with E-state index >= 15 is 0 Å². The number of likely N-dealkylation sites (tertiary alicyclic amines) is 1. The Bertz CT molecular complexity index is 462. The van der Waals surface area contributed by atoms with Crippen molar-refractivity contribution in [3.8, 4) is 5.75 Å². The zero-order chi connectivity index (χ0) is 13.8. The van der Waals surface area contributed by atoms with Crippen LogP contribution in [0.1, 0.15) is 36.0 Å². The SMILES string of the molecule is Nc1cccc(C(=O)N2CCCC2CCCO)c1O. The van der Waals surface area contributed by atoms with Gasteiger partial charge in [0.2, 0.25) is 0 Å². The van der Waals surface area contributed by atoms with Crippen molar-refractivity contribution in [2.45, 2.75) is 31.7 Å². The van der Waals surface area contributed by atoms with E-state index < -0.39 is 0 Å².